The number of aliphatic hydroxyl groups excluding tert-OH is 1. The first-order valence-corrected chi connectivity index (χ1v) is 6.39. The molecule has 0 amide bonds. The molecule has 0 bridgehead atoms. The Morgan fingerprint density at radius 1 is 1.19 bits per heavy atom. The van der Waals surface area contributed by atoms with Crippen molar-refractivity contribution in [3.05, 3.63) is 28.3 Å². The first-order chi connectivity index (χ1) is 9.79. The maximum Gasteiger partial charge on any atom is 0.194 e. The van der Waals surface area contributed by atoms with Crippen LogP contribution in [-0.2, 0) is 0 Å². The van der Waals surface area contributed by atoms with Crippen LogP contribution in [0.1, 0.15) is 41.0 Å². The number of hydrogen-bond donors (Lipinski definition) is 3. The summed E-state index contributed by atoms with van der Waals surface area (Å²) in [6.45, 7) is 2.96. The molecule has 1 aliphatic carbocycles. The van der Waals surface area contributed by atoms with E-state index in [4.69, 9.17) is 4.74 Å². The Bertz CT molecular complexity index is 669. The molecule has 1 aliphatic rings. The molecule has 0 aliphatic heterocycles. The van der Waals surface area contributed by atoms with Crippen molar-refractivity contribution in [1.29, 1.82) is 0 Å². The standard InChI is InChI=1S/C15H16O6/c1-6(16)4-8-7(2)13(18)11-9(17)5-10(21-3)15(20)12(11)14(8)19/h5-6,16-17,20H,4H2,1-3H3. The minimum Gasteiger partial charge on any atom is -0.507 e. The van der Waals surface area contributed by atoms with Crippen molar-refractivity contribution in [3.63, 3.8) is 0 Å². The van der Waals surface area contributed by atoms with Crippen molar-refractivity contribution in [2.24, 2.45) is 0 Å². The van der Waals surface area contributed by atoms with Crippen molar-refractivity contribution in [2.45, 2.75) is 26.4 Å². The number of allylic oxidation sites excluding steroid dienone is 1. The summed E-state index contributed by atoms with van der Waals surface area (Å²) in [7, 11) is 1.27. The molecule has 1 atom stereocenters. The molecule has 0 heterocycles. The van der Waals surface area contributed by atoms with Gasteiger partial charge in [-0.25, -0.2) is 0 Å². The number of phenols is 2. The Morgan fingerprint density at radius 3 is 2.33 bits per heavy atom. The zero-order valence-corrected chi connectivity index (χ0v) is 11.9. The molecule has 0 radical (unpaired) electrons. The van der Waals surface area contributed by atoms with Gasteiger partial charge in [0, 0.05) is 23.6 Å². The molecule has 0 aromatic heterocycles. The van der Waals surface area contributed by atoms with Gasteiger partial charge in [-0.3, -0.25) is 9.59 Å². The van der Waals surface area contributed by atoms with E-state index in [0.29, 0.717) is 0 Å². The van der Waals surface area contributed by atoms with Gasteiger partial charge in [0.2, 0.25) is 0 Å². The van der Waals surface area contributed by atoms with Crippen LogP contribution in [0.15, 0.2) is 17.2 Å². The number of methoxy groups -OCH3 is 1. The number of Topliss-reactive ketones (excluding diaryl/α,β-unsaturated/α-hetero) is 2. The summed E-state index contributed by atoms with van der Waals surface area (Å²) in [5.41, 5.74) is -0.220. The second-order valence-electron chi connectivity index (χ2n) is 5.01. The number of ketones is 2. The monoisotopic (exact) mass is 292 g/mol. The molecule has 3 N–H and O–H groups in total. The average molecular weight is 292 g/mol. The van der Waals surface area contributed by atoms with Crippen LogP contribution >= 0.6 is 0 Å². The normalized spacial score (nSPS) is 16.0. The molecule has 6 nitrogen and oxygen atoms in total. The number of aliphatic hydroxyl groups is 1. The molecule has 112 valence electrons. The lowest BCUT2D eigenvalue weighted by atomic mass is 9.81. The molecule has 21 heavy (non-hydrogen) atoms. The Labute approximate surface area is 121 Å². The van der Waals surface area contributed by atoms with Crippen LogP contribution in [0.2, 0.25) is 0 Å². The first kappa shape index (κ1) is 15.1. The van der Waals surface area contributed by atoms with E-state index in [1.807, 2.05) is 0 Å². The van der Waals surface area contributed by atoms with Gasteiger partial charge in [-0.05, 0) is 13.8 Å². The van der Waals surface area contributed by atoms with Gasteiger partial charge in [-0.15, -0.1) is 0 Å². The van der Waals surface area contributed by atoms with Gasteiger partial charge in [0.25, 0.3) is 0 Å². The smallest absolute Gasteiger partial charge is 0.194 e. The van der Waals surface area contributed by atoms with E-state index >= 15 is 0 Å². The molecule has 0 saturated carbocycles. The highest BCUT2D eigenvalue weighted by Gasteiger charge is 2.36. The van der Waals surface area contributed by atoms with Gasteiger partial charge in [0.15, 0.2) is 23.1 Å². The molecule has 0 spiro atoms. The van der Waals surface area contributed by atoms with Crippen molar-refractivity contribution >= 4 is 11.6 Å². The fraction of sp³-hybridized carbons (Fsp3) is 0.333. The summed E-state index contributed by atoms with van der Waals surface area (Å²) in [5.74, 6) is -2.14. The summed E-state index contributed by atoms with van der Waals surface area (Å²) < 4.78 is 4.88. The predicted octanol–water partition coefficient (Wildman–Crippen LogP) is 1.57. The van der Waals surface area contributed by atoms with E-state index in [2.05, 4.69) is 0 Å². The highest BCUT2D eigenvalue weighted by molar-refractivity contribution is 6.29. The number of benzene rings is 1. The number of carbonyl (C=O) groups excluding carboxylic acids is 2. The molecule has 6 heteroatoms. The maximum absolute atomic E-state index is 12.5. The summed E-state index contributed by atoms with van der Waals surface area (Å²) in [6, 6.07) is 1.09. The zero-order chi connectivity index (χ0) is 15.9. The van der Waals surface area contributed by atoms with Gasteiger partial charge in [0.1, 0.15) is 5.75 Å². The minimum absolute atomic E-state index is 0.00669. The van der Waals surface area contributed by atoms with Gasteiger partial charge in [-0.2, -0.15) is 0 Å². The highest BCUT2D eigenvalue weighted by Crippen LogP contribution is 2.43. The first-order valence-electron chi connectivity index (χ1n) is 6.39. The van der Waals surface area contributed by atoms with Crippen LogP contribution in [-0.4, -0.2) is 40.1 Å². The summed E-state index contributed by atoms with van der Waals surface area (Å²) >= 11 is 0. The highest BCUT2D eigenvalue weighted by atomic mass is 16.5. The zero-order valence-electron chi connectivity index (χ0n) is 11.9. The molecule has 2 rings (SSSR count). The number of aromatic hydroxyl groups is 2. The van der Waals surface area contributed by atoms with Gasteiger partial charge >= 0.3 is 0 Å². The Balaban J connectivity index is 2.73. The molecular formula is C15H16O6. The Kier molecular flexibility index (Phi) is 3.74. The summed E-state index contributed by atoms with van der Waals surface area (Å²) in [6.07, 6.45) is -0.817. The van der Waals surface area contributed by atoms with E-state index in [1.54, 1.807) is 0 Å². The van der Waals surface area contributed by atoms with Crippen LogP contribution in [0.3, 0.4) is 0 Å². The molecule has 0 saturated heterocycles. The lowest BCUT2D eigenvalue weighted by molar-refractivity contribution is 0.0956. The third-order valence-electron chi connectivity index (χ3n) is 3.49. The topological polar surface area (TPSA) is 104 Å². The van der Waals surface area contributed by atoms with Crippen LogP contribution < -0.4 is 4.74 Å². The Morgan fingerprint density at radius 2 is 1.81 bits per heavy atom. The van der Waals surface area contributed by atoms with Crippen molar-refractivity contribution in [2.75, 3.05) is 7.11 Å². The van der Waals surface area contributed by atoms with Crippen LogP contribution in [0.4, 0.5) is 0 Å². The van der Waals surface area contributed by atoms with E-state index < -0.39 is 29.2 Å². The lowest BCUT2D eigenvalue weighted by Gasteiger charge is -2.22. The SMILES string of the molecule is COc1cc(O)c2c(c1O)C(=O)C(CC(C)O)=C(C)C2=O. The fourth-order valence-electron chi connectivity index (χ4n) is 2.43. The van der Waals surface area contributed by atoms with Crippen molar-refractivity contribution < 1.29 is 29.6 Å². The van der Waals surface area contributed by atoms with E-state index in [0.717, 1.165) is 6.07 Å². The predicted molar refractivity (Wildman–Crippen MR) is 74.0 cm³/mol. The van der Waals surface area contributed by atoms with Crippen LogP contribution in [0.5, 0.6) is 17.2 Å². The third kappa shape index (κ3) is 2.27. The molecular weight excluding hydrogens is 276 g/mol. The summed E-state index contributed by atoms with van der Waals surface area (Å²) in [5, 5.41) is 29.5. The van der Waals surface area contributed by atoms with Gasteiger partial charge in [0.05, 0.1) is 24.3 Å². The minimum atomic E-state index is -0.811. The van der Waals surface area contributed by atoms with Crippen molar-refractivity contribution in [3.8, 4) is 17.2 Å². The van der Waals surface area contributed by atoms with Crippen LogP contribution in [0.25, 0.3) is 0 Å². The number of ether oxygens (including phenoxy) is 1. The molecule has 1 aromatic rings. The number of rotatable bonds is 3. The van der Waals surface area contributed by atoms with E-state index in [1.165, 1.54) is 21.0 Å². The van der Waals surface area contributed by atoms with E-state index in [9.17, 15) is 24.9 Å². The van der Waals surface area contributed by atoms with E-state index in [-0.39, 0.29) is 34.4 Å². The molecule has 1 unspecified atom stereocenters. The average Bonchev–Trinajstić information content (AvgIpc) is 2.42. The molecule has 1 aromatic carbocycles. The second-order valence-corrected chi connectivity index (χ2v) is 5.01. The number of fused-ring (bicyclic) bond motifs is 1. The third-order valence-corrected chi connectivity index (χ3v) is 3.49. The molecule has 0 fully saturated rings. The fourth-order valence-corrected chi connectivity index (χ4v) is 2.43. The largest absolute Gasteiger partial charge is 0.507 e. The lowest BCUT2D eigenvalue weighted by Crippen LogP contribution is -2.23. The number of hydrogen-bond acceptors (Lipinski definition) is 6. The number of phenolic OH excluding ortho intramolecular Hbond substituents is 2. The van der Waals surface area contributed by atoms with Gasteiger partial charge < -0.3 is 20.1 Å². The quantitative estimate of drug-likeness (QED) is 0.731. The maximum atomic E-state index is 12.5. The van der Waals surface area contributed by atoms with Crippen LogP contribution in [0, 0.1) is 0 Å². The summed E-state index contributed by atoms with van der Waals surface area (Å²) in [4.78, 5) is 24.8. The second kappa shape index (κ2) is 5.21. The van der Waals surface area contributed by atoms with Gasteiger partial charge in [-0.1, -0.05) is 0 Å². The van der Waals surface area contributed by atoms with Crippen molar-refractivity contribution in [1.82, 2.24) is 0 Å². The Hall–Kier alpha value is -2.34. The number of carbonyl (C=O) groups is 2.